The lowest BCUT2D eigenvalue weighted by Gasteiger charge is -2.65. The van der Waals surface area contributed by atoms with Crippen molar-refractivity contribution in [2.24, 2.45) is 39.4 Å². The Labute approximate surface area is 220 Å². The molecule has 4 aliphatic rings. The van der Waals surface area contributed by atoms with E-state index in [1.54, 1.807) is 0 Å². The van der Waals surface area contributed by atoms with Crippen molar-refractivity contribution in [1.29, 1.82) is 0 Å². The summed E-state index contributed by atoms with van der Waals surface area (Å²) >= 11 is 0. The highest BCUT2D eigenvalue weighted by Crippen LogP contribution is 2.74. The second-order valence-corrected chi connectivity index (χ2v) is 14.4. The molecular formula is C30H46O7. The summed E-state index contributed by atoms with van der Waals surface area (Å²) in [5.41, 5.74) is -5.07. The van der Waals surface area contributed by atoms with Crippen LogP contribution in [0.5, 0.6) is 0 Å². The maximum absolute atomic E-state index is 14.2. The number of rotatable bonds is 4. The Kier molecular flexibility index (Phi) is 6.43. The van der Waals surface area contributed by atoms with Crippen molar-refractivity contribution in [2.75, 3.05) is 0 Å². The second kappa shape index (κ2) is 8.31. The van der Waals surface area contributed by atoms with Crippen molar-refractivity contribution < 1.29 is 35.1 Å². The summed E-state index contributed by atoms with van der Waals surface area (Å²) in [4.78, 5) is 27.4. The van der Waals surface area contributed by atoms with Crippen molar-refractivity contribution in [1.82, 2.24) is 0 Å². The van der Waals surface area contributed by atoms with Gasteiger partial charge in [-0.2, -0.15) is 0 Å². The zero-order chi connectivity index (χ0) is 28.1. The average molecular weight is 519 g/mol. The molecule has 0 radical (unpaired) electrons. The molecule has 0 amide bonds. The number of hydrogen-bond acceptors (Lipinski definition) is 7. The summed E-state index contributed by atoms with van der Waals surface area (Å²) in [6, 6.07) is 0. The molecule has 0 unspecified atom stereocenters. The molecule has 7 nitrogen and oxygen atoms in total. The fourth-order valence-corrected chi connectivity index (χ4v) is 9.15. The van der Waals surface area contributed by atoms with E-state index in [0.29, 0.717) is 19.3 Å². The van der Waals surface area contributed by atoms with Gasteiger partial charge >= 0.3 is 0 Å². The van der Waals surface area contributed by atoms with Crippen LogP contribution in [-0.2, 0) is 9.59 Å². The van der Waals surface area contributed by atoms with Crippen LogP contribution in [0.3, 0.4) is 0 Å². The predicted molar refractivity (Wildman–Crippen MR) is 139 cm³/mol. The minimum Gasteiger partial charge on any atom is -0.393 e. The molecule has 0 spiro atoms. The monoisotopic (exact) mass is 518 g/mol. The van der Waals surface area contributed by atoms with Crippen LogP contribution >= 0.6 is 0 Å². The molecule has 0 aromatic carbocycles. The highest BCUT2D eigenvalue weighted by molar-refractivity contribution is 5.97. The Hall–Kier alpha value is -1.38. The largest absolute Gasteiger partial charge is 0.393 e. The molecule has 0 heterocycles. The van der Waals surface area contributed by atoms with E-state index in [1.807, 2.05) is 27.7 Å². The number of aliphatic hydroxyl groups excluding tert-OH is 3. The molecule has 3 saturated carbocycles. The van der Waals surface area contributed by atoms with E-state index in [-0.39, 0.29) is 24.0 Å². The molecule has 4 aliphatic carbocycles. The van der Waals surface area contributed by atoms with Crippen LogP contribution in [0.25, 0.3) is 0 Å². The van der Waals surface area contributed by atoms with Gasteiger partial charge in [-0.1, -0.05) is 52.3 Å². The van der Waals surface area contributed by atoms with Crippen LogP contribution < -0.4 is 0 Å². The van der Waals surface area contributed by atoms with Crippen LogP contribution in [0.15, 0.2) is 23.8 Å². The van der Waals surface area contributed by atoms with E-state index in [0.717, 1.165) is 5.57 Å². The highest BCUT2D eigenvalue weighted by Gasteiger charge is 2.74. The molecule has 0 saturated heterocycles. The van der Waals surface area contributed by atoms with E-state index < -0.39 is 62.9 Å². The minimum atomic E-state index is -1.94. The molecule has 10 atom stereocenters. The van der Waals surface area contributed by atoms with Gasteiger partial charge < -0.3 is 25.5 Å². The average Bonchev–Trinajstić information content (AvgIpc) is 2.96. The normalized spacial score (nSPS) is 47.1. The molecule has 7 heteroatoms. The number of Topliss-reactive ketones (excluding diaryl/α,β-unsaturated/α-hetero) is 1. The van der Waals surface area contributed by atoms with Gasteiger partial charge in [0.2, 0.25) is 0 Å². The molecule has 0 bridgehead atoms. The quantitative estimate of drug-likeness (QED) is 0.285. The van der Waals surface area contributed by atoms with Crippen molar-refractivity contribution in [3.8, 4) is 0 Å². The molecule has 0 aromatic rings. The van der Waals surface area contributed by atoms with Gasteiger partial charge in [0, 0.05) is 23.2 Å². The lowest BCUT2D eigenvalue weighted by atomic mass is 9.38. The number of fused-ring (bicyclic) bond motifs is 5. The molecule has 3 fully saturated rings. The maximum Gasteiger partial charge on any atom is 0.187 e. The molecule has 37 heavy (non-hydrogen) atoms. The van der Waals surface area contributed by atoms with Gasteiger partial charge in [0.15, 0.2) is 5.78 Å². The minimum absolute atomic E-state index is 0.0156. The summed E-state index contributed by atoms with van der Waals surface area (Å²) in [5.74, 6) is -1.88. The lowest BCUT2D eigenvalue weighted by Crippen LogP contribution is -2.65. The molecule has 0 aromatic heterocycles. The number of hydrogen-bond donors (Lipinski definition) is 5. The van der Waals surface area contributed by atoms with Crippen LogP contribution in [0.1, 0.15) is 81.1 Å². The van der Waals surface area contributed by atoms with Gasteiger partial charge in [-0.25, -0.2) is 0 Å². The van der Waals surface area contributed by atoms with E-state index >= 15 is 0 Å². The zero-order valence-corrected chi connectivity index (χ0v) is 23.6. The fraction of sp³-hybridized carbons (Fsp3) is 0.800. The topological polar surface area (TPSA) is 135 Å². The summed E-state index contributed by atoms with van der Waals surface area (Å²) in [5, 5.41) is 54.6. The van der Waals surface area contributed by atoms with Crippen molar-refractivity contribution in [2.45, 2.75) is 111 Å². The maximum atomic E-state index is 14.2. The van der Waals surface area contributed by atoms with Crippen molar-refractivity contribution in [3.63, 3.8) is 0 Å². The Morgan fingerprint density at radius 3 is 2.16 bits per heavy atom. The smallest absolute Gasteiger partial charge is 0.187 e. The summed E-state index contributed by atoms with van der Waals surface area (Å²) < 4.78 is 0. The number of aliphatic hydroxyl groups is 5. The predicted octanol–water partition coefficient (Wildman–Crippen LogP) is 2.72. The van der Waals surface area contributed by atoms with Gasteiger partial charge in [-0.3, -0.25) is 9.59 Å². The number of allylic oxidation sites excluding steroid dienone is 1. The number of ketones is 2. The molecule has 4 rings (SSSR count). The zero-order valence-electron chi connectivity index (χ0n) is 23.6. The van der Waals surface area contributed by atoms with E-state index in [9.17, 15) is 35.1 Å². The standard InChI is InChI=1S/C30H46O7/c1-25(2,36)12-11-21(33)30(8,37)23-19(32)14-27(5)20-10-9-16-17(13-18(31)24(35)26(16,3)4)29(20,7)22(34)15-28(23,27)6/h9,11-12,17-20,23-24,31-32,35-37H,10,13-15H2,1-8H3/b12-11+/t17-,18+,19+,20-,23+,24-,27-,28-,29-,30-/m1/s1. The third-order valence-electron chi connectivity index (χ3n) is 11.4. The molecule has 0 aliphatic heterocycles. The summed E-state index contributed by atoms with van der Waals surface area (Å²) in [6.45, 7) is 14.3. The SMILES string of the molecule is CC(C)(O)/C=C/C(=O)[C@@](C)(O)[C@H]1[C@@H](O)C[C@]2(C)[C@H]3CC=C4[C@@H](C[C@H](O)[C@@H](O)C4(C)C)[C@@]3(C)C(=O)C[C@]12C. The molecular weight excluding hydrogens is 472 g/mol. The lowest BCUT2D eigenvalue weighted by molar-refractivity contribution is -0.186. The van der Waals surface area contributed by atoms with Gasteiger partial charge in [0.1, 0.15) is 11.4 Å². The van der Waals surface area contributed by atoms with E-state index in [4.69, 9.17) is 0 Å². The second-order valence-electron chi connectivity index (χ2n) is 14.4. The first-order valence-electron chi connectivity index (χ1n) is 13.6. The Balaban J connectivity index is 1.79. The van der Waals surface area contributed by atoms with Gasteiger partial charge in [-0.15, -0.1) is 0 Å². The van der Waals surface area contributed by atoms with E-state index in [2.05, 4.69) is 13.0 Å². The number of carbonyl (C=O) groups excluding carboxylic acids is 2. The summed E-state index contributed by atoms with van der Waals surface area (Å²) in [6.07, 6.45) is 3.10. The highest BCUT2D eigenvalue weighted by atomic mass is 16.3. The van der Waals surface area contributed by atoms with Gasteiger partial charge in [0.05, 0.1) is 23.9 Å². The first-order valence-corrected chi connectivity index (χ1v) is 13.6. The third-order valence-corrected chi connectivity index (χ3v) is 11.4. The van der Waals surface area contributed by atoms with Crippen LogP contribution in [-0.4, -0.2) is 66.6 Å². The van der Waals surface area contributed by atoms with Crippen molar-refractivity contribution >= 4 is 11.6 Å². The summed E-state index contributed by atoms with van der Waals surface area (Å²) in [7, 11) is 0. The molecule has 5 N–H and O–H groups in total. The van der Waals surface area contributed by atoms with Gasteiger partial charge in [-0.05, 0) is 68.8 Å². The number of carbonyl (C=O) groups is 2. The van der Waals surface area contributed by atoms with Crippen LogP contribution in [0.4, 0.5) is 0 Å². The Morgan fingerprint density at radius 2 is 1.59 bits per heavy atom. The first-order chi connectivity index (χ1) is 16.7. The fourth-order valence-electron chi connectivity index (χ4n) is 9.15. The van der Waals surface area contributed by atoms with Crippen LogP contribution in [0.2, 0.25) is 0 Å². The molecule has 208 valence electrons. The Morgan fingerprint density at radius 1 is 1.00 bits per heavy atom. The van der Waals surface area contributed by atoms with Gasteiger partial charge in [0.25, 0.3) is 0 Å². The van der Waals surface area contributed by atoms with Crippen LogP contribution in [0, 0.1) is 39.4 Å². The third kappa shape index (κ3) is 3.79. The van der Waals surface area contributed by atoms with E-state index in [1.165, 1.54) is 32.9 Å². The van der Waals surface area contributed by atoms with Crippen molar-refractivity contribution in [3.05, 3.63) is 23.8 Å². The Bertz CT molecular complexity index is 1050. The first kappa shape index (κ1) is 28.6.